The van der Waals surface area contributed by atoms with Crippen molar-refractivity contribution >= 4 is 16.8 Å². The molecule has 1 aromatic heterocycles. The molecule has 0 radical (unpaired) electrons. The van der Waals surface area contributed by atoms with E-state index in [2.05, 4.69) is 4.98 Å². The fourth-order valence-corrected chi connectivity index (χ4v) is 1.53. The molecule has 5 heteroatoms. The third-order valence-corrected chi connectivity index (χ3v) is 2.25. The third kappa shape index (κ3) is 1.52. The molecule has 0 saturated carbocycles. The van der Waals surface area contributed by atoms with Gasteiger partial charge in [0.1, 0.15) is 17.2 Å². The number of aromatic hydroxyl groups is 1. The number of amides is 1. The Kier molecular flexibility index (Phi) is 2.36. The quantitative estimate of drug-likeness (QED) is 0.788. The summed E-state index contributed by atoms with van der Waals surface area (Å²) >= 11 is 0. The van der Waals surface area contributed by atoms with Crippen LogP contribution in [0.2, 0.25) is 0 Å². The number of nitrogens with two attached hydrogens (primary N) is 1. The van der Waals surface area contributed by atoms with Crippen LogP contribution in [-0.4, -0.2) is 23.1 Å². The summed E-state index contributed by atoms with van der Waals surface area (Å²) in [6, 6.07) is 6.32. The zero-order valence-corrected chi connectivity index (χ0v) is 8.60. The topological polar surface area (TPSA) is 85.4 Å². The number of benzene rings is 1. The predicted molar refractivity (Wildman–Crippen MR) is 58.5 cm³/mol. The van der Waals surface area contributed by atoms with Crippen LogP contribution in [0.1, 0.15) is 10.5 Å². The van der Waals surface area contributed by atoms with Crippen LogP contribution in [0, 0.1) is 0 Å². The molecule has 1 aromatic carbocycles. The van der Waals surface area contributed by atoms with Crippen molar-refractivity contribution in [1.29, 1.82) is 0 Å². The zero-order valence-electron chi connectivity index (χ0n) is 8.60. The lowest BCUT2D eigenvalue weighted by atomic mass is 10.1. The Morgan fingerprint density at radius 3 is 2.88 bits per heavy atom. The molecule has 0 spiro atoms. The highest BCUT2D eigenvalue weighted by Crippen LogP contribution is 2.32. The van der Waals surface area contributed by atoms with Gasteiger partial charge in [0, 0.05) is 6.07 Å². The molecule has 0 aliphatic heterocycles. The van der Waals surface area contributed by atoms with E-state index in [0.29, 0.717) is 16.7 Å². The van der Waals surface area contributed by atoms with Crippen LogP contribution < -0.4 is 10.5 Å². The number of rotatable bonds is 2. The van der Waals surface area contributed by atoms with Crippen molar-refractivity contribution < 1.29 is 14.6 Å². The minimum atomic E-state index is -0.681. The van der Waals surface area contributed by atoms with Gasteiger partial charge in [0.15, 0.2) is 0 Å². The third-order valence-electron chi connectivity index (χ3n) is 2.25. The van der Waals surface area contributed by atoms with Crippen molar-refractivity contribution in [1.82, 2.24) is 4.98 Å². The van der Waals surface area contributed by atoms with Crippen molar-refractivity contribution in [2.45, 2.75) is 0 Å². The maximum Gasteiger partial charge on any atom is 0.267 e. The van der Waals surface area contributed by atoms with Gasteiger partial charge >= 0.3 is 0 Å². The number of hydrogen-bond acceptors (Lipinski definition) is 4. The average molecular weight is 218 g/mol. The predicted octanol–water partition coefficient (Wildman–Crippen LogP) is 1.05. The number of carbonyl (C=O) groups is 1. The van der Waals surface area contributed by atoms with E-state index in [0.717, 1.165) is 0 Å². The first kappa shape index (κ1) is 10.2. The van der Waals surface area contributed by atoms with Crippen molar-refractivity contribution in [3.05, 3.63) is 30.0 Å². The van der Waals surface area contributed by atoms with Gasteiger partial charge < -0.3 is 15.6 Å². The van der Waals surface area contributed by atoms with Crippen LogP contribution in [-0.2, 0) is 0 Å². The molecular weight excluding hydrogens is 208 g/mol. The average Bonchev–Trinajstić information content (AvgIpc) is 2.27. The molecule has 3 N–H and O–H groups in total. The fourth-order valence-electron chi connectivity index (χ4n) is 1.53. The Balaban J connectivity index is 2.80. The van der Waals surface area contributed by atoms with E-state index in [1.165, 1.54) is 13.2 Å². The largest absolute Gasteiger partial charge is 0.507 e. The van der Waals surface area contributed by atoms with Gasteiger partial charge in [-0.1, -0.05) is 6.07 Å². The molecule has 0 fully saturated rings. The van der Waals surface area contributed by atoms with Gasteiger partial charge in [-0.3, -0.25) is 4.79 Å². The first-order chi connectivity index (χ1) is 7.63. The summed E-state index contributed by atoms with van der Waals surface area (Å²) < 4.78 is 5.09. The molecule has 5 nitrogen and oxygen atoms in total. The van der Waals surface area contributed by atoms with Gasteiger partial charge in [0.25, 0.3) is 5.91 Å². The first-order valence-electron chi connectivity index (χ1n) is 4.60. The van der Waals surface area contributed by atoms with Gasteiger partial charge in [0.05, 0.1) is 18.0 Å². The van der Waals surface area contributed by atoms with Crippen molar-refractivity contribution in [2.24, 2.45) is 5.73 Å². The maximum absolute atomic E-state index is 11.0. The number of methoxy groups -OCH3 is 1. The number of nitrogens with zero attached hydrogens (tertiary/aromatic N) is 1. The molecule has 0 aliphatic carbocycles. The molecule has 0 aliphatic rings. The Hall–Kier alpha value is -2.30. The second-order valence-electron chi connectivity index (χ2n) is 3.25. The normalized spacial score (nSPS) is 10.3. The summed E-state index contributed by atoms with van der Waals surface area (Å²) in [5, 5.41) is 10.3. The second-order valence-corrected chi connectivity index (χ2v) is 3.25. The van der Waals surface area contributed by atoms with Crippen LogP contribution in [0.4, 0.5) is 0 Å². The Morgan fingerprint density at radius 2 is 2.25 bits per heavy atom. The summed E-state index contributed by atoms with van der Waals surface area (Å²) in [5.74, 6) is -0.255. The molecule has 16 heavy (non-hydrogen) atoms. The Labute approximate surface area is 91.5 Å². The number of hydrogen-bond donors (Lipinski definition) is 2. The molecule has 1 heterocycles. The van der Waals surface area contributed by atoms with E-state index >= 15 is 0 Å². The van der Waals surface area contributed by atoms with E-state index in [9.17, 15) is 9.90 Å². The summed E-state index contributed by atoms with van der Waals surface area (Å²) in [4.78, 5) is 15.0. The SMILES string of the molecule is COc1cccc2nc(C(N)=O)cc(O)c12. The summed E-state index contributed by atoms with van der Waals surface area (Å²) in [6.07, 6.45) is 0. The minimum Gasteiger partial charge on any atom is -0.507 e. The molecule has 1 amide bonds. The van der Waals surface area contributed by atoms with E-state index in [4.69, 9.17) is 10.5 Å². The number of primary amides is 1. The molecule has 0 saturated heterocycles. The molecule has 2 rings (SSSR count). The summed E-state index contributed by atoms with van der Waals surface area (Å²) in [7, 11) is 1.50. The zero-order chi connectivity index (χ0) is 11.7. The molecule has 82 valence electrons. The number of fused-ring (bicyclic) bond motifs is 1. The van der Waals surface area contributed by atoms with Crippen LogP contribution in [0.3, 0.4) is 0 Å². The van der Waals surface area contributed by atoms with E-state index in [1.807, 2.05) is 0 Å². The lowest BCUT2D eigenvalue weighted by molar-refractivity contribution is 0.0995. The minimum absolute atomic E-state index is 0.0262. The standard InChI is InChI=1S/C11H10N2O3/c1-16-9-4-2-3-6-10(9)8(14)5-7(13-6)11(12)15/h2-5H,1H3,(H2,12,15)(H,13,14). The van der Waals surface area contributed by atoms with E-state index in [-0.39, 0.29) is 11.4 Å². The number of pyridine rings is 1. The highest BCUT2D eigenvalue weighted by molar-refractivity contribution is 5.97. The van der Waals surface area contributed by atoms with Gasteiger partial charge in [-0.25, -0.2) is 4.98 Å². The summed E-state index contributed by atoms with van der Waals surface area (Å²) in [6.45, 7) is 0. The van der Waals surface area contributed by atoms with Crippen molar-refractivity contribution in [3.63, 3.8) is 0 Å². The monoisotopic (exact) mass is 218 g/mol. The first-order valence-corrected chi connectivity index (χ1v) is 4.60. The van der Waals surface area contributed by atoms with Crippen molar-refractivity contribution in [2.75, 3.05) is 7.11 Å². The fraction of sp³-hybridized carbons (Fsp3) is 0.0909. The second kappa shape index (κ2) is 3.69. The van der Waals surface area contributed by atoms with Gasteiger partial charge in [-0.05, 0) is 12.1 Å². The molecule has 0 unspecified atom stereocenters. The Morgan fingerprint density at radius 1 is 1.50 bits per heavy atom. The van der Waals surface area contributed by atoms with Crippen LogP contribution in [0.25, 0.3) is 10.9 Å². The lowest BCUT2D eigenvalue weighted by Gasteiger charge is -2.07. The highest BCUT2D eigenvalue weighted by atomic mass is 16.5. The molecule has 0 bridgehead atoms. The van der Waals surface area contributed by atoms with Gasteiger partial charge in [-0.15, -0.1) is 0 Å². The lowest BCUT2D eigenvalue weighted by Crippen LogP contribution is -2.12. The molecule has 2 aromatic rings. The van der Waals surface area contributed by atoms with Gasteiger partial charge in [0.2, 0.25) is 0 Å². The van der Waals surface area contributed by atoms with E-state index < -0.39 is 5.91 Å². The van der Waals surface area contributed by atoms with Crippen molar-refractivity contribution in [3.8, 4) is 11.5 Å². The Bertz CT molecular complexity index is 566. The van der Waals surface area contributed by atoms with E-state index in [1.54, 1.807) is 18.2 Å². The number of aromatic nitrogens is 1. The van der Waals surface area contributed by atoms with Crippen LogP contribution in [0.5, 0.6) is 11.5 Å². The molecule has 0 atom stereocenters. The molecular formula is C11H10N2O3. The number of ether oxygens (including phenoxy) is 1. The maximum atomic E-state index is 11.0. The van der Waals surface area contributed by atoms with Crippen LogP contribution in [0.15, 0.2) is 24.3 Å². The van der Waals surface area contributed by atoms with Crippen LogP contribution >= 0.6 is 0 Å². The number of carbonyl (C=O) groups excluding carboxylic acids is 1. The van der Waals surface area contributed by atoms with Gasteiger partial charge in [-0.2, -0.15) is 0 Å². The smallest absolute Gasteiger partial charge is 0.267 e. The summed E-state index contributed by atoms with van der Waals surface area (Å²) in [5.41, 5.74) is 5.59. The highest BCUT2D eigenvalue weighted by Gasteiger charge is 2.11.